The summed E-state index contributed by atoms with van der Waals surface area (Å²) in [5, 5.41) is 2.98. The molecular formula is C19H20ClNO3S2. The van der Waals surface area contributed by atoms with Crippen molar-refractivity contribution in [3.8, 4) is 0 Å². The summed E-state index contributed by atoms with van der Waals surface area (Å²) in [6, 6.07) is 12.0. The highest BCUT2D eigenvalue weighted by atomic mass is 35.5. The Labute approximate surface area is 166 Å². The molecule has 0 fully saturated rings. The van der Waals surface area contributed by atoms with Gasteiger partial charge in [0.25, 0.3) is 5.91 Å². The van der Waals surface area contributed by atoms with Crippen molar-refractivity contribution in [3.63, 3.8) is 0 Å². The Morgan fingerprint density at radius 1 is 1.27 bits per heavy atom. The number of thiophene rings is 1. The van der Waals surface area contributed by atoms with Crippen molar-refractivity contribution >= 4 is 46.6 Å². The van der Waals surface area contributed by atoms with Gasteiger partial charge in [-0.05, 0) is 42.5 Å². The molecule has 7 heteroatoms. The lowest BCUT2D eigenvalue weighted by Crippen LogP contribution is -2.34. The van der Waals surface area contributed by atoms with Gasteiger partial charge in [0.05, 0.1) is 16.1 Å². The van der Waals surface area contributed by atoms with Crippen molar-refractivity contribution in [2.45, 2.75) is 31.1 Å². The summed E-state index contributed by atoms with van der Waals surface area (Å²) in [6.07, 6.45) is 3.01. The van der Waals surface area contributed by atoms with E-state index in [2.05, 4.69) is 17.4 Å². The monoisotopic (exact) mass is 409 g/mol. The maximum atomic E-state index is 12.1. The highest BCUT2D eigenvalue weighted by Gasteiger charge is 2.21. The predicted octanol–water partition coefficient (Wildman–Crippen LogP) is 4.37. The number of rotatable bonds is 7. The number of hydrogen-bond donors (Lipinski definition) is 1. The van der Waals surface area contributed by atoms with Gasteiger partial charge in [0.2, 0.25) is 0 Å². The molecule has 0 saturated carbocycles. The Balaban J connectivity index is 1.38. The summed E-state index contributed by atoms with van der Waals surface area (Å²) in [7, 11) is 0. The number of aryl methyl sites for hydroxylation is 1. The third-order valence-corrected chi connectivity index (χ3v) is 6.53. The number of amides is 1. The van der Waals surface area contributed by atoms with E-state index < -0.39 is 0 Å². The van der Waals surface area contributed by atoms with Gasteiger partial charge >= 0.3 is 5.97 Å². The first kappa shape index (κ1) is 19.3. The van der Waals surface area contributed by atoms with Gasteiger partial charge in [-0.15, -0.1) is 23.1 Å². The van der Waals surface area contributed by atoms with Crippen LogP contribution in [0.5, 0.6) is 0 Å². The molecule has 0 bridgehead atoms. The van der Waals surface area contributed by atoms with E-state index in [0.717, 1.165) is 28.5 Å². The van der Waals surface area contributed by atoms with E-state index in [4.69, 9.17) is 16.3 Å². The predicted molar refractivity (Wildman–Crippen MR) is 107 cm³/mol. The first-order valence-electron chi connectivity index (χ1n) is 8.46. The number of hydrogen-bond acceptors (Lipinski definition) is 5. The molecule has 1 amide bonds. The van der Waals surface area contributed by atoms with Gasteiger partial charge < -0.3 is 10.1 Å². The number of carbonyl (C=O) groups excluding carboxylic acids is 2. The van der Waals surface area contributed by atoms with Crippen molar-refractivity contribution in [1.82, 2.24) is 5.32 Å². The molecule has 1 aromatic carbocycles. The minimum atomic E-state index is -0.378. The van der Waals surface area contributed by atoms with Crippen LogP contribution in [0.2, 0.25) is 4.34 Å². The summed E-state index contributed by atoms with van der Waals surface area (Å²) >= 11 is 8.82. The molecule has 0 spiro atoms. The Bertz CT molecular complexity index is 778. The second kappa shape index (κ2) is 9.44. The molecule has 0 aliphatic heterocycles. The van der Waals surface area contributed by atoms with E-state index in [0.29, 0.717) is 5.75 Å². The van der Waals surface area contributed by atoms with Crippen molar-refractivity contribution < 1.29 is 14.3 Å². The van der Waals surface area contributed by atoms with Crippen LogP contribution in [0.25, 0.3) is 0 Å². The molecule has 1 N–H and O–H groups in total. The first-order chi connectivity index (χ1) is 12.6. The molecule has 0 unspecified atom stereocenters. The second-order valence-corrected chi connectivity index (χ2v) is 8.86. The van der Waals surface area contributed by atoms with E-state index in [1.54, 1.807) is 0 Å². The van der Waals surface area contributed by atoms with Crippen LogP contribution in [0.4, 0.5) is 0 Å². The molecule has 1 heterocycles. The molecule has 1 atom stereocenters. The van der Waals surface area contributed by atoms with Gasteiger partial charge in [-0.2, -0.15) is 0 Å². The van der Waals surface area contributed by atoms with Crippen molar-refractivity contribution in [2.75, 3.05) is 12.4 Å². The summed E-state index contributed by atoms with van der Waals surface area (Å²) in [6.45, 7) is -0.233. The largest absolute Gasteiger partial charge is 0.455 e. The molecule has 0 radical (unpaired) electrons. The molecule has 4 nitrogen and oxygen atoms in total. The Kier molecular flexibility index (Phi) is 7.00. The van der Waals surface area contributed by atoms with Gasteiger partial charge in [0.15, 0.2) is 6.61 Å². The number of fused-ring (bicyclic) bond motifs is 1. The van der Waals surface area contributed by atoms with Crippen molar-refractivity contribution in [3.05, 3.63) is 56.7 Å². The second-order valence-electron chi connectivity index (χ2n) is 6.07. The fourth-order valence-corrected chi connectivity index (χ4v) is 5.01. The zero-order valence-corrected chi connectivity index (χ0v) is 16.6. The minimum absolute atomic E-state index is 0.00380. The van der Waals surface area contributed by atoms with Crippen LogP contribution in [0.1, 0.15) is 34.9 Å². The lowest BCUT2D eigenvalue weighted by Gasteiger charge is -2.26. The molecule has 26 heavy (non-hydrogen) atoms. The smallest absolute Gasteiger partial charge is 0.316 e. The summed E-state index contributed by atoms with van der Waals surface area (Å²) in [5.41, 5.74) is 2.45. The van der Waals surface area contributed by atoms with E-state index in [-0.39, 0.29) is 30.3 Å². The van der Waals surface area contributed by atoms with E-state index in [9.17, 15) is 9.59 Å². The molecule has 1 aliphatic rings. The van der Waals surface area contributed by atoms with Gasteiger partial charge in [-0.25, -0.2) is 0 Å². The molecule has 1 aliphatic carbocycles. The maximum absolute atomic E-state index is 12.1. The SMILES string of the molecule is O=C(COC(=O)CSCc1ccc(Cl)s1)N[C@@H]1CCCc2ccccc21. The van der Waals surface area contributed by atoms with Crippen LogP contribution in [-0.4, -0.2) is 24.2 Å². The fraction of sp³-hybridized carbons (Fsp3) is 0.368. The number of nitrogens with one attached hydrogen (secondary N) is 1. The van der Waals surface area contributed by atoms with Crippen LogP contribution < -0.4 is 5.32 Å². The van der Waals surface area contributed by atoms with E-state index in [1.807, 2.05) is 24.3 Å². The van der Waals surface area contributed by atoms with Gasteiger partial charge in [-0.1, -0.05) is 35.9 Å². The average Bonchev–Trinajstić information content (AvgIpc) is 3.05. The minimum Gasteiger partial charge on any atom is -0.455 e. The average molecular weight is 410 g/mol. The van der Waals surface area contributed by atoms with Crippen molar-refractivity contribution in [2.24, 2.45) is 0 Å². The number of benzene rings is 1. The lowest BCUT2D eigenvalue weighted by atomic mass is 9.88. The van der Waals surface area contributed by atoms with E-state index in [1.165, 1.54) is 34.2 Å². The van der Waals surface area contributed by atoms with Crippen LogP contribution in [-0.2, 0) is 26.5 Å². The zero-order valence-electron chi connectivity index (χ0n) is 14.2. The Hall–Kier alpha value is -1.50. The van der Waals surface area contributed by atoms with Crippen LogP contribution in [0, 0.1) is 0 Å². The maximum Gasteiger partial charge on any atom is 0.316 e. The molecule has 3 rings (SSSR count). The third-order valence-electron chi connectivity index (χ3n) is 4.16. The molecule has 138 valence electrons. The number of carbonyl (C=O) groups is 2. The highest BCUT2D eigenvalue weighted by molar-refractivity contribution is 7.99. The van der Waals surface area contributed by atoms with Gasteiger partial charge in [-0.3, -0.25) is 9.59 Å². The van der Waals surface area contributed by atoms with Crippen molar-refractivity contribution in [1.29, 1.82) is 0 Å². The summed E-state index contributed by atoms with van der Waals surface area (Å²) < 4.78 is 5.82. The van der Waals surface area contributed by atoms with Crippen LogP contribution in [0.15, 0.2) is 36.4 Å². The summed E-state index contributed by atoms with van der Waals surface area (Å²) in [4.78, 5) is 25.0. The fourth-order valence-electron chi connectivity index (χ4n) is 2.99. The molecule has 2 aromatic rings. The van der Waals surface area contributed by atoms with Crippen LogP contribution in [0.3, 0.4) is 0 Å². The Morgan fingerprint density at radius 2 is 2.12 bits per heavy atom. The van der Waals surface area contributed by atoms with Gasteiger partial charge in [0.1, 0.15) is 0 Å². The quantitative estimate of drug-likeness (QED) is 0.690. The topological polar surface area (TPSA) is 55.4 Å². The molecule has 0 saturated heterocycles. The normalized spacial score (nSPS) is 16.0. The Morgan fingerprint density at radius 3 is 2.92 bits per heavy atom. The lowest BCUT2D eigenvalue weighted by molar-refractivity contribution is -0.146. The summed E-state index contributed by atoms with van der Waals surface area (Å²) in [5.74, 6) is 0.291. The molecular weight excluding hydrogens is 390 g/mol. The number of esters is 1. The molecule has 1 aromatic heterocycles. The number of halogens is 1. The number of thioether (sulfide) groups is 1. The standard InChI is InChI=1S/C19H20ClNO3S2/c20-17-9-8-14(26-17)11-25-12-19(23)24-10-18(22)21-16-7-3-5-13-4-1-2-6-15(13)16/h1-2,4,6,8-9,16H,3,5,7,10-12H2,(H,21,22)/t16-/m1/s1. The zero-order chi connectivity index (χ0) is 18.4. The van der Waals surface area contributed by atoms with E-state index >= 15 is 0 Å². The van der Waals surface area contributed by atoms with Crippen LogP contribution >= 0.6 is 34.7 Å². The number of ether oxygens (including phenoxy) is 1. The highest BCUT2D eigenvalue weighted by Crippen LogP contribution is 2.29. The van der Waals surface area contributed by atoms with Gasteiger partial charge in [0, 0.05) is 10.6 Å². The first-order valence-corrected chi connectivity index (χ1v) is 10.8. The third kappa shape index (κ3) is 5.50.